The molecule has 6 heteroatoms. The molecule has 0 atom stereocenters. The summed E-state index contributed by atoms with van der Waals surface area (Å²) in [6.45, 7) is 3.93. The van der Waals surface area contributed by atoms with Crippen molar-refractivity contribution in [1.82, 2.24) is 10.6 Å². The lowest BCUT2D eigenvalue weighted by molar-refractivity contribution is -0.121. The topological polar surface area (TPSA) is 58.2 Å². The largest absolute Gasteiger partial charge is 0.354 e. The van der Waals surface area contributed by atoms with Gasteiger partial charge in [0.05, 0.1) is 5.56 Å². The van der Waals surface area contributed by atoms with Crippen molar-refractivity contribution >= 4 is 27.7 Å². The minimum absolute atomic E-state index is 0.0700. The van der Waals surface area contributed by atoms with E-state index in [4.69, 9.17) is 0 Å². The fourth-order valence-corrected chi connectivity index (χ4v) is 1.88. The number of hydrogen-bond donors (Lipinski definition) is 2. The van der Waals surface area contributed by atoms with Gasteiger partial charge in [0.1, 0.15) is 5.82 Å². The van der Waals surface area contributed by atoms with Crippen LogP contribution in [0.4, 0.5) is 4.39 Å². The second kappa shape index (κ2) is 7.23. The van der Waals surface area contributed by atoms with Gasteiger partial charge in [-0.05, 0) is 48.0 Å². The van der Waals surface area contributed by atoms with E-state index in [-0.39, 0.29) is 30.5 Å². The Balaban J connectivity index is 2.48. The quantitative estimate of drug-likeness (QED) is 0.869. The number of carbonyl (C=O) groups is 2. The SMILES string of the molecule is CC(C)NC(=O)CCNC(=O)c1cc(F)ccc1Br. The van der Waals surface area contributed by atoms with Crippen LogP contribution in [0.2, 0.25) is 0 Å². The molecular weight excluding hydrogens is 315 g/mol. The highest BCUT2D eigenvalue weighted by atomic mass is 79.9. The fraction of sp³-hybridized carbons (Fsp3) is 0.385. The zero-order valence-corrected chi connectivity index (χ0v) is 12.4. The van der Waals surface area contributed by atoms with Gasteiger partial charge in [-0.3, -0.25) is 9.59 Å². The molecule has 0 heterocycles. The molecule has 0 aromatic heterocycles. The molecular formula is C13H16BrFN2O2. The summed E-state index contributed by atoms with van der Waals surface area (Å²) >= 11 is 3.18. The third-order valence-corrected chi connectivity index (χ3v) is 2.95. The number of rotatable bonds is 5. The molecule has 1 rings (SSSR count). The minimum Gasteiger partial charge on any atom is -0.354 e. The molecule has 2 N–H and O–H groups in total. The maximum atomic E-state index is 13.0. The Labute approximate surface area is 119 Å². The molecule has 0 fully saturated rings. The number of hydrogen-bond acceptors (Lipinski definition) is 2. The molecule has 104 valence electrons. The first-order valence-corrected chi connectivity index (χ1v) is 6.72. The van der Waals surface area contributed by atoms with Crippen LogP contribution < -0.4 is 10.6 Å². The molecule has 0 spiro atoms. The monoisotopic (exact) mass is 330 g/mol. The van der Waals surface area contributed by atoms with Crippen molar-refractivity contribution in [3.8, 4) is 0 Å². The van der Waals surface area contributed by atoms with Crippen LogP contribution in [-0.4, -0.2) is 24.4 Å². The maximum absolute atomic E-state index is 13.0. The first kappa shape index (κ1) is 15.6. The first-order valence-electron chi connectivity index (χ1n) is 5.92. The molecule has 0 aliphatic rings. The van der Waals surface area contributed by atoms with Gasteiger partial charge in [0.25, 0.3) is 5.91 Å². The van der Waals surface area contributed by atoms with E-state index in [0.717, 1.165) is 6.07 Å². The Hall–Kier alpha value is -1.43. The average molecular weight is 331 g/mol. The first-order chi connectivity index (χ1) is 8.90. The van der Waals surface area contributed by atoms with Crippen LogP contribution in [0, 0.1) is 5.82 Å². The van der Waals surface area contributed by atoms with Crippen LogP contribution in [0.25, 0.3) is 0 Å². The fourth-order valence-electron chi connectivity index (χ4n) is 1.45. The Kier molecular flexibility index (Phi) is 5.95. The van der Waals surface area contributed by atoms with Crippen LogP contribution in [0.15, 0.2) is 22.7 Å². The number of carbonyl (C=O) groups excluding carboxylic acids is 2. The maximum Gasteiger partial charge on any atom is 0.252 e. The summed E-state index contributed by atoms with van der Waals surface area (Å²) in [5.74, 6) is -1.02. The van der Waals surface area contributed by atoms with Gasteiger partial charge in [-0.2, -0.15) is 0 Å². The molecule has 0 aliphatic heterocycles. The molecule has 0 bridgehead atoms. The van der Waals surface area contributed by atoms with E-state index in [1.165, 1.54) is 12.1 Å². The minimum atomic E-state index is -0.481. The van der Waals surface area contributed by atoms with Crippen LogP contribution in [0.3, 0.4) is 0 Å². The van der Waals surface area contributed by atoms with Crippen molar-refractivity contribution in [1.29, 1.82) is 0 Å². The van der Waals surface area contributed by atoms with E-state index in [0.29, 0.717) is 4.47 Å². The Morgan fingerprint density at radius 3 is 2.68 bits per heavy atom. The molecule has 4 nitrogen and oxygen atoms in total. The summed E-state index contributed by atoms with van der Waals surface area (Å²) < 4.78 is 13.5. The second-order valence-corrected chi connectivity index (χ2v) is 5.21. The highest BCUT2D eigenvalue weighted by Gasteiger charge is 2.11. The second-order valence-electron chi connectivity index (χ2n) is 4.35. The third kappa shape index (κ3) is 5.38. The van der Waals surface area contributed by atoms with Gasteiger partial charge >= 0.3 is 0 Å². The van der Waals surface area contributed by atoms with Crippen LogP contribution in [-0.2, 0) is 4.79 Å². The molecule has 0 unspecified atom stereocenters. The van der Waals surface area contributed by atoms with Crippen molar-refractivity contribution in [2.75, 3.05) is 6.54 Å². The van der Waals surface area contributed by atoms with Gasteiger partial charge in [-0.25, -0.2) is 4.39 Å². The molecule has 0 saturated heterocycles. The van der Waals surface area contributed by atoms with Crippen molar-refractivity contribution < 1.29 is 14.0 Å². The Bertz CT molecular complexity index is 478. The predicted molar refractivity (Wildman–Crippen MR) is 74.3 cm³/mol. The number of benzene rings is 1. The molecule has 19 heavy (non-hydrogen) atoms. The van der Waals surface area contributed by atoms with E-state index >= 15 is 0 Å². The molecule has 2 amide bonds. The van der Waals surface area contributed by atoms with E-state index in [1.807, 2.05) is 13.8 Å². The van der Waals surface area contributed by atoms with Crippen LogP contribution >= 0.6 is 15.9 Å². The number of nitrogens with one attached hydrogen (secondary N) is 2. The third-order valence-electron chi connectivity index (χ3n) is 2.26. The zero-order valence-electron chi connectivity index (χ0n) is 10.8. The van der Waals surface area contributed by atoms with Crippen LogP contribution in [0.5, 0.6) is 0 Å². The van der Waals surface area contributed by atoms with Crippen molar-refractivity contribution in [3.63, 3.8) is 0 Å². The van der Waals surface area contributed by atoms with Gasteiger partial charge in [0, 0.05) is 23.5 Å². The molecule has 1 aromatic rings. The van der Waals surface area contributed by atoms with Gasteiger partial charge in [0.2, 0.25) is 5.91 Å². The summed E-state index contributed by atoms with van der Waals surface area (Å²) in [6, 6.07) is 3.95. The zero-order chi connectivity index (χ0) is 14.4. The van der Waals surface area contributed by atoms with Crippen molar-refractivity contribution in [3.05, 3.63) is 34.1 Å². The summed E-state index contributed by atoms with van der Waals surface area (Å²) in [7, 11) is 0. The summed E-state index contributed by atoms with van der Waals surface area (Å²) in [5, 5.41) is 5.29. The average Bonchev–Trinajstić information content (AvgIpc) is 2.31. The smallest absolute Gasteiger partial charge is 0.252 e. The van der Waals surface area contributed by atoms with Gasteiger partial charge in [0.15, 0.2) is 0 Å². The van der Waals surface area contributed by atoms with Gasteiger partial charge in [-0.15, -0.1) is 0 Å². The lowest BCUT2D eigenvalue weighted by Crippen LogP contribution is -2.34. The standard InChI is InChI=1S/C13H16BrFN2O2/c1-8(2)17-12(18)5-6-16-13(19)10-7-9(15)3-4-11(10)14/h3-4,7-8H,5-6H2,1-2H3,(H,16,19)(H,17,18). The van der Waals surface area contributed by atoms with E-state index in [2.05, 4.69) is 26.6 Å². The highest BCUT2D eigenvalue weighted by molar-refractivity contribution is 9.10. The predicted octanol–water partition coefficient (Wildman–Crippen LogP) is 2.23. The highest BCUT2D eigenvalue weighted by Crippen LogP contribution is 2.17. The van der Waals surface area contributed by atoms with Gasteiger partial charge in [-0.1, -0.05) is 0 Å². The molecule has 0 saturated carbocycles. The lowest BCUT2D eigenvalue weighted by Gasteiger charge is -2.09. The van der Waals surface area contributed by atoms with E-state index in [1.54, 1.807) is 0 Å². The van der Waals surface area contributed by atoms with E-state index in [9.17, 15) is 14.0 Å². The van der Waals surface area contributed by atoms with Crippen molar-refractivity contribution in [2.45, 2.75) is 26.3 Å². The van der Waals surface area contributed by atoms with E-state index < -0.39 is 11.7 Å². The molecule has 1 aromatic carbocycles. The number of halogens is 2. The van der Waals surface area contributed by atoms with Crippen molar-refractivity contribution in [2.24, 2.45) is 0 Å². The summed E-state index contributed by atoms with van der Waals surface area (Å²) in [6.07, 6.45) is 0.191. The normalized spacial score (nSPS) is 10.4. The summed E-state index contributed by atoms with van der Waals surface area (Å²) in [4.78, 5) is 23.1. The lowest BCUT2D eigenvalue weighted by atomic mass is 10.2. The Morgan fingerprint density at radius 2 is 2.05 bits per heavy atom. The molecule has 0 radical (unpaired) electrons. The summed E-state index contributed by atoms with van der Waals surface area (Å²) in [5.41, 5.74) is 0.212. The Morgan fingerprint density at radius 1 is 1.37 bits per heavy atom. The van der Waals surface area contributed by atoms with Gasteiger partial charge < -0.3 is 10.6 Å². The van der Waals surface area contributed by atoms with Crippen LogP contribution in [0.1, 0.15) is 30.6 Å². The number of amides is 2. The molecule has 0 aliphatic carbocycles.